The molecule has 3 aromatic rings. The van der Waals surface area contributed by atoms with Gasteiger partial charge in [-0.1, -0.05) is 32.0 Å². The second-order valence-electron chi connectivity index (χ2n) is 6.09. The van der Waals surface area contributed by atoms with Crippen molar-refractivity contribution in [2.24, 2.45) is 0 Å². The summed E-state index contributed by atoms with van der Waals surface area (Å²) < 4.78 is 0. The molecule has 1 aromatic carbocycles. The first-order valence-electron chi connectivity index (χ1n) is 9.09. The Balaban J connectivity index is 1.75. The van der Waals surface area contributed by atoms with Crippen LogP contribution in [0.25, 0.3) is 0 Å². The molecule has 2 aromatic heterocycles. The largest absolute Gasteiger partial charge is 0.347 e. The minimum absolute atomic E-state index is 0.239. The number of para-hydroxylation sites is 1. The molecule has 6 nitrogen and oxygen atoms in total. The summed E-state index contributed by atoms with van der Waals surface area (Å²) in [5, 5.41) is 6.17. The standard InChI is InChI=1S/C21H23N5O/c1-3-16-6-5-7-17(4-2)19(16)26-21-23-13-10-18(25-21)20(27)24-14-15-8-11-22-12-9-15/h5-13H,3-4,14H2,1-2H3,(H,24,27)(H,23,25,26). The number of benzene rings is 1. The third-order valence-corrected chi connectivity index (χ3v) is 4.33. The number of hydrogen-bond donors (Lipinski definition) is 2. The van der Waals surface area contributed by atoms with Gasteiger partial charge in [-0.2, -0.15) is 0 Å². The van der Waals surface area contributed by atoms with Crippen LogP contribution in [0.1, 0.15) is 41.0 Å². The van der Waals surface area contributed by atoms with Crippen molar-refractivity contribution in [3.05, 3.63) is 77.4 Å². The van der Waals surface area contributed by atoms with Gasteiger partial charge in [-0.3, -0.25) is 9.78 Å². The summed E-state index contributed by atoms with van der Waals surface area (Å²) in [5.41, 5.74) is 4.73. The molecule has 6 heteroatoms. The van der Waals surface area contributed by atoms with Gasteiger partial charge in [-0.15, -0.1) is 0 Å². The van der Waals surface area contributed by atoms with Crippen LogP contribution in [0.3, 0.4) is 0 Å². The molecular formula is C21H23N5O. The van der Waals surface area contributed by atoms with E-state index >= 15 is 0 Å². The predicted octanol–water partition coefficient (Wildman–Crippen LogP) is 3.67. The van der Waals surface area contributed by atoms with E-state index in [2.05, 4.69) is 57.6 Å². The molecule has 2 heterocycles. The Bertz CT molecular complexity index is 889. The molecule has 0 saturated carbocycles. The molecule has 27 heavy (non-hydrogen) atoms. The van der Waals surface area contributed by atoms with E-state index < -0.39 is 0 Å². The molecule has 0 fully saturated rings. The number of hydrogen-bond acceptors (Lipinski definition) is 5. The van der Waals surface area contributed by atoms with Crippen molar-refractivity contribution in [1.82, 2.24) is 20.3 Å². The number of nitrogens with one attached hydrogen (secondary N) is 2. The summed E-state index contributed by atoms with van der Waals surface area (Å²) >= 11 is 0. The first-order chi connectivity index (χ1) is 13.2. The second-order valence-corrected chi connectivity index (χ2v) is 6.09. The molecule has 0 aliphatic carbocycles. The SMILES string of the molecule is CCc1cccc(CC)c1Nc1nccc(C(=O)NCc2ccncc2)n1. The maximum Gasteiger partial charge on any atom is 0.270 e. The van der Waals surface area contributed by atoms with Crippen LogP contribution < -0.4 is 10.6 Å². The first-order valence-corrected chi connectivity index (χ1v) is 9.09. The average molecular weight is 361 g/mol. The molecule has 0 saturated heterocycles. The number of rotatable bonds is 7. The highest BCUT2D eigenvalue weighted by Gasteiger charge is 2.11. The van der Waals surface area contributed by atoms with Gasteiger partial charge in [0.15, 0.2) is 0 Å². The first kappa shape index (κ1) is 18.5. The van der Waals surface area contributed by atoms with Gasteiger partial charge in [-0.05, 0) is 47.7 Å². The lowest BCUT2D eigenvalue weighted by atomic mass is 10.0. The summed E-state index contributed by atoms with van der Waals surface area (Å²) in [5.74, 6) is 0.180. The zero-order valence-electron chi connectivity index (χ0n) is 15.6. The van der Waals surface area contributed by atoms with E-state index in [1.54, 1.807) is 24.7 Å². The van der Waals surface area contributed by atoms with Crippen LogP contribution in [0.2, 0.25) is 0 Å². The molecule has 0 aliphatic rings. The fraction of sp³-hybridized carbons (Fsp3) is 0.238. The number of carbonyl (C=O) groups excluding carboxylic acids is 1. The van der Waals surface area contributed by atoms with Crippen LogP contribution in [0.15, 0.2) is 55.0 Å². The van der Waals surface area contributed by atoms with E-state index in [4.69, 9.17) is 0 Å². The van der Waals surface area contributed by atoms with E-state index in [0.717, 1.165) is 24.1 Å². The quantitative estimate of drug-likeness (QED) is 0.671. The van der Waals surface area contributed by atoms with Crippen molar-refractivity contribution >= 4 is 17.5 Å². The third-order valence-electron chi connectivity index (χ3n) is 4.33. The van der Waals surface area contributed by atoms with Crippen molar-refractivity contribution in [3.8, 4) is 0 Å². The van der Waals surface area contributed by atoms with Gasteiger partial charge >= 0.3 is 0 Å². The van der Waals surface area contributed by atoms with Crippen molar-refractivity contribution in [2.45, 2.75) is 33.2 Å². The van der Waals surface area contributed by atoms with Gasteiger partial charge in [0.1, 0.15) is 5.69 Å². The van der Waals surface area contributed by atoms with Gasteiger partial charge in [0, 0.05) is 30.8 Å². The highest BCUT2D eigenvalue weighted by atomic mass is 16.1. The van der Waals surface area contributed by atoms with Gasteiger partial charge in [0.25, 0.3) is 5.91 Å². The van der Waals surface area contributed by atoms with Crippen molar-refractivity contribution in [1.29, 1.82) is 0 Å². The average Bonchev–Trinajstić information content (AvgIpc) is 2.73. The predicted molar refractivity (Wildman–Crippen MR) is 106 cm³/mol. The van der Waals surface area contributed by atoms with Crippen LogP contribution in [0, 0.1) is 0 Å². The lowest BCUT2D eigenvalue weighted by molar-refractivity contribution is 0.0946. The van der Waals surface area contributed by atoms with Crippen LogP contribution in [0.4, 0.5) is 11.6 Å². The summed E-state index contributed by atoms with van der Waals surface area (Å²) in [6.45, 7) is 4.65. The molecule has 138 valence electrons. The Morgan fingerprint density at radius 1 is 0.963 bits per heavy atom. The molecular weight excluding hydrogens is 338 g/mol. The molecule has 0 radical (unpaired) electrons. The zero-order chi connectivity index (χ0) is 19.1. The van der Waals surface area contributed by atoms with E-state index in [0.29, 0.717) is 18.2 Å². The third kappa shape index (κ3) is 4.67. The van der Waals surface area contributed by atoms with E-state index in [9.17, 15) is 4.79 Å². The maximum atomic E-state index is 12.4. The number of anilines is 2. The topological polar surface area (TPSA) is 79.8 Å². The number of amides is 1. The number of aryl methyl sites for hydroxylation is 2. The smallest absolute Gasteiger partial charge is 0.270 e. The Kier molecular flexibility index (Phi) is 6.10. The molecule has 0 aliphatic heterocycles. The summed E-state index contributed by atoms with van der Waals surface area (Å²) in [6, 6.07) is 11.6. The lowest BCUT2D eigenvalue weighted by Crippen LogP contribution is -2.24. The monoisotopic (exact) mass is 361 g/mol. The molecule has 3 rings (SSSR count). The number of aromatic nitrogens is 3. The number of pyridine rings is 1. The number of carbonyl (C=O) groups is 1. The summed E-state index contributed by atoms with van der Waals surface area (Å²) in [7, 11) is 0. The van der Waals surface area contributed by atoms with Crippen LogP contribution in [-0.2, 0) is 19.4 Å². The van der Waals surface area contributed by atoms with Gasteiger partial charge in [0.2, 0.25) is 5.95 Å². The minimum Gasteiger partial charge on any atom is -0.347 e. The summed E-state index contributed by atoms with van der Waals surface area (Å²) in [6.07, 6.45) is 6.80. The fourth-order valence-corrected chi connectivity index (χ4v) is 2.83. The van der Waals surface area contributed by atoms with E-state index in [1.807, 2.05) is 12.1 Å². The lowest BCUT2D eigenvalue weighted by Gasteiger charge is -2.14. The van der Waals surface area contributed by atoms with Crippen LogP contribution in [0.5, 0.6) is 0 Å². The van der Waals surface area contributed by atoms with Gasteiger partial charge < -0.3 is 10.6 Å². The molecule has 2 N–H and O–H groups in total. The molecule has 0 unspecified atom stereocenters. The van der Waals surface area contributed by atoms with Crippen molar-refractivity contribution in [3.63, 3.8) is 0 Å². The second kappa shape index (κ2) is 8.89. The van der Waals surface area contributed by atoms with Crippen LogP contribution in [-0.4, -0.2) is 20.9 Å². The Morgan fingerprint density at radius 3 is 2.33 bits per heavy atom. The summed E-state index contributed by atoms with van der Waals surface area (Å²) in [4.78, 5) is 25.1. The highest BCUT2D eigenvalue weighted by Crippen LogP contribution is 2.25. The highest BCUT2D eigenvalue weighted by molar-refractivity contribution is 5.92. The van der Waals surface area contributed by atoms with Gasteiger partial charge in [-0.25, -0.2) is 9.97 Å². The Labute approximate surface area is 159 Å². The minimum atomic E-state index is -0.239. The normalized spacial score (nSPS) is 10.4. The van der Waals surface area contributed by atoms with E-state index in [1.165, 1.54) is 11.1 Å². The number of nitrogens with zero attached hydrogens (tertiary/aromatic N) is 3. The fourth-order valence-electron chi connectivity index (χ4n) is 2.83. The maximum absolute atomic E-state index is 12.4. The van der Waals surface area contributed by atoms with E-state index in [-0.39, 0.29) is 5.91 Å². The van der Waals surface area contributed by atoms with Crippen molar-refractivity contribution < 1.29 is 4.79 Å². The van der Waals surface area contributed by atoms with Gasteiger partial charge in [0.05, 0.1) is 0 Å². The molecule has 0 atom stereocenters. The molecule has 0 bridgehead atoms. The molecule has 0 spiro atoms. The van der Waals surface area contributed by atoms with Crippen LogP contribution >= 0.6 is 0 Å². The zero-order valence-corrected chi connectivity index (χ0v) is 15.6. The Hall–Kier alpha value is -3.28. The Morgan fingerprint density at radius 2 is 1.67 bits per heavy atom. The van der Waals surface area contributed by atoms with Crippen molar-refractivity contribution in [2.75, 3.05) is 5.32 Å². The molecule has 1 amide bonds.